The van der Waals surface area contributed by atoms with Crippen LogP contribution in [0.4, 0.5) is 11.4 Å². The second kappa shape index (κ2) is 14.6. The highest BCUT2D eigenvalue weighted by Crippen LogP contribution is 2.41. The molecule has 0 radical (unpaired) electrons. The summed E-state index contributed by atoms with van der Waals surface area (Å²) in [7, 11) is 0. The summed E-state index contributed by atoms with van der Waals surface area (Å²) in [5, 5.41) is 4.48. The Balaban J connectivity index is 0.863. The van der Waals surface area contributed by atoms with Crippen LogP contribution in [0.15, 0.2) is 170 Å². The molecule has 0 bridgehead atoms. The van der Waals surface area contributed by atoms with Crippen LogP contribution in [0.5, 0.6) is 0 Å². The van der Waals surface area contributed by atoms with Crippen LogP contribution in [0.1, 0.15) is 94.1 Å². The van der Waals surface area contributed by atoms with Crippen LogP contribution < -0.4 is 9.80 Å². The molecule has 2 aliphatic heterocycles. The van der Waals surface area contributed by atoms with E-state index in [4.69, 9.17) is 0 Å². The first-order valence-corrected chi connectivity index (χ1v) is 23.0. The third kappa shape index (κ3) is 6.13. The van der Waals surface area contributed by atoms with Gasteiger partial charge < -0.3 is 9.13 Å². The molecule has 8 aromatic carbocycles. The highest BCUT2D eigenvalue weighted by Gasteiger charge is 2.39. The second-order valence-electron chi connectivity index (χ2n) is 20.1. The zero-order chi connectivity index (χ0) is 47.0. The molecule has 0 aliphatic carbocycles. The molecule has 0 N–H and O–H groups in total. The number of para-hydroxylation sites is 2. The minimum atomic E-state index is -0.408. The van der Waals surface area contributed by atoms with Gasteiger partial charge in [0.1, 0.15) is 0 Å². The number of nitrogens with zero attached hydrogens (tertiary/aromatic N) is 4. The number of amides is 4. The van der Waals surface area contributed by atoms with Crippen LogP contribution in [0, 0.1) is 0 Å². The third-order valence-corrected chi connectivity index (χ3v) is 13.9. The Kier molecular flexibility index (Phi) is 8.81. The number of rotatable bonds is 5. The van der Waals surface area contributed by atoms with Gasteiger partial charge in [0.25, 0.3) is 23.6 Å². The lowest BCUT2D eigenvalue weighted by molar-refractivity contribution is 0.0910. The molecule has 8 heteroatoms. The van der Waals surface area contributed by atoms with E-state index in [2.05, 4.69) is 111 Å². The SMILES string of the molecule is CC(C)(C)c1ccc2c(c1)c1cc(C(C)(C)C)ccc1n2-c1ccc2c(c1)C(=O)N(c1cccc(-c3cccc(N4C(=O)c5ccc(-n6c7ccccc7c7ccccc76)cc5C4=O)c3)c1)C2=O. The molecule has 2 aromatic heterocycles. The third-order valence-electron chi connectivity index (χ3n) is 13.9. The molecule has 2 aliphatic rings. The quantitative estimate of drug-likeness (QED) is 0.161. The van der Waals surface area contributed by atoms with Crippen LogP contribution in [-0.2, 0) is 10.8 Å². The van der Waals surface area contributed by atoms with Gasteiger partial charge in [0.15, 0.2) is 0 Å². The maximum atomic E-state index is 14.5. The van der Waals surface area contributed by atoms with Crippen molar-refractivity contribution in [3.8, 4) is 22.5 Å². The molecule has 4 amide bonds. The van der Waals surface area contributed by atoms with E-state index in [9.17, 15) is 19.2 Å². The van der Waals surface area contributed by atoms with Crippen molar-refractivity contribution in [1.82, 2.24) is 9.13 Å². The van der Waals surface area contributed by atoms with E-state index >= 15 is 0 Å². The van der Waals surface area contributed by atoms with Crippen molar-refractivity contribution < 1.29 is 19.2 Å². The van der Waals surface area contributed by atoms with Crippen molar-refractivity contribution >= 4 is 78.6 Å². The molecule has 0 saturated heterocycles. The monoisotopic (exact) mass is 886 g/mol. The fraction of sp³-hybridized carbons (Fsp3) is 0.133. The van der Waals surface area contributed by atoms with Crippen LogP contribution >= 0.6 is 0 Å². The molecule has 8 nitrogen and oxygen atoms in total. The van der Waals surface area contributed by atoms with Crippen LogP contribution in [-0.4, -0.2) is 32.8 Å². The lowest BCUT2D eigenvalue weighted by atomic mass is 9.85. The minimum absolute atomic E-state index is 0.0474. The van der Waals surface area contributed by atoms with E-state index in [0.717, 1.165) is 55.0 Å². The van der Waals surface area contributed by atoms with Gasteiger partial charge in [0.2, 0.25) is 0 Å². The van der Waals surface area contributed by atoms with Crippen molar-refractivity contribution in [2.75, 3.05) is 9.80 Å². The van der Waals surface area contributed by atoms with E-state index in [-0.39, 0.29) is 10.8 Å². The predicted octanol–water partition coefficient (Wildman–Crippen LogP) is 13.7. The summed E-state index contributed by atoms with van der Waals surface area (Å²) in [6, 6.07) is 55.0. The first-order chi connectivity index (χ1) is 32.7. The normalized spacial score (nSPS) is 14.1. The Hall–Kier alpha value is -8.36. The lowest BCUT2D eigenvalue weighted by Crippen LogP contribution is -2.29. The van der Waals surface area contributed by atoms with E-state index in [1.807, 2.05) is 54.6 Å². The van der Waals surface area contributed by atoms with E-state index in [1.165, 1.54) is 20.9 Å². The van der Waals surface area contributed by atoms with Gasteiger partial charge in [-0.2, -0.15) is 0 Å². The topological polar surface area (TPSA) is 84.6 Å². The van der Waals surface area contributed by atoms with Gasteiger partial charge in [0.05, 0.1) is 55.7 Å². The van der Waals surface area contributed by atoms with Gasteiger partial charge in [-0.25, -0.2) is 9.80 Å². The standard InChI is InChI=1S/C60H46N4O4/c1-59(2,3)37-21-27-53-47(31-37)48-32-38(60(4,5)6)22-28-54(48)62(53)42-24-26-46-50(34-42)58(68)64(56(46)66)40-16-12-14-36(30-40)35-13-11-15-39(29-35)63-55(65)45-25-23-41(33-49(45)57(63)67)61-51-19-9-7-17-43(51)44-18-8-10-20-52(44)61/h7-34H,1-6H3. The highest BCUT2D eigenvalue weighted by molar-refractivity contribution is 6.35. The van der Waals surface area contributed by atoms with Crippen molar-refractivity contribution in [1.29, 1.82) is 0 Å². The Bertz CT molecular complexity index is 3750. The van der Waals surface area contributed by atoms with Crippen molar-refractivity contribution in [2.45, 2.75) is 52.4 Å². The number of hydrogen-bond donors (Lipinski definition) is 0. The fourth-order valence-corrected chi connectivity index (χ4v) is 10.3. The van der Waals surface area contributed by atoms with E-state index in [0.29, 0.717) is 44.8 Å². The molecular formula is C60H46N4O4. The summed E-state index contributed by atoms with van der Waals surface area (Å²) < 4.78 is 4.32. The zero-order valence-electron chi connectivity index (χ0n) is 38.6. The summed E-state index contributed by atoms with van der Waals surface area (Å²) in [5.41, 5.74) is 11.6. The highest BCUT2D eigenvalue weighted by atomic mass is 16.2. The summed E-state index contributed by atoms with van der Waals surface area (Å²) >= 11 is 0. The first kappa shape index (κ1) is 41.1. The van der Waals surface area contributed by atoms with Gasteiger partial charge in [-0.1, -0.05) is 114 Å². The van der Waals surface area contributed by atoms with Gasteiger partial charge in [-0.3, -0.25) is 19.2 Å². The number of aromatic nitrogens is 2. The predicted molar refractivity (Wildman–Crippen MR) is 273 cm³/mol. The maximum Gasteiger partial charge on any atom is 0.266 e. The molecule has 0 fully saturated rings. The second-order valence-corrected chi connectivity index (χ2v) is 20.1. The van der Waals surface area contributed by atoms with E-state index < -0.39 is 23.6 Å². The zero-order valence-corrected chi connectivity index (χ0v) is 38.6. The van der Waals surface area contributed by atoms with Crippen LogP contribution in [0.3, 0.4) is 0 Å². The Morgan fingerprint density at radius 1 is 0.309 bits per heavy atom. The van der Waals surface area contributed by atoms with Crippen molar-refractivity contribution in [2.24, 2.45) is 0 Å². The van der Waals surface area contributed by atoms with Crippen LogP contribution in [0.25, 0.3) is 66.1 Å². The van der Waals surface area contributed by atoms with Crippen LogP contribution in [0.2, 0.25) is 0 Å². The summed E-state index contributed by atoms with van der Waals surface area (Å²) in [5.74, 6) is -1.62. The maximum absolute atomic E-state index is 14.5. The molecule has 10 aromatic rings. The lowest BCUT2D eigenvalue weighted by Gasteiger charge is -2.19. The number of hydrogen-bond acceptors (Lipinski definition) is 4. The summed E-state index contributed by atoms with van der Waals surface area (Å²) in [6.07, 6.45) is 0. The summed E-state index contributed by atoms with van der Waals surface area (Å²) in [4.78, 5) is 59.4. The van der Waals surface area contributed by atoms with Crippen molar-refractivity contribution in [3.05, 3.63) is 203 Å². The first-order valence-electron chi connectivity index (χ1n) is 23.0. The smallest absolute Gasteiger partial charge is 0.266 e. The molecule has 68 heavy (non-hydrogen) atoms. The van der Waals surface area contributed by atoms with Gasteiger partial charge >= 0.3 is 0 Å². The molecular weight excluding hydrogens is 841 g/mol. The molecule has 330 valence electrons. The average molecular weight is 887 g/mol. The van der Waals surface area contributed by atoms with Gasteiger partial charge in [-0.15, -0.1) is 0 Å². The molecule has 0 saturated carbocycles. The Morgan fingerprint density at radius 3 is 1.10 bits per heavy atom. The van der Waals surface area contributed by atoms with Crippen molar-refractivity contribution in [3.63, 3.8) is 0 Å². The molecule has 12 rings (SSSR count). The Morgan fingerprint density at radius 2 is 0.691 bits per heavy atom. The number of benzene rings is 8. The Labute approximate surface area is 393 Å². The summed E-state index contributed by atoms with van der Waals surface area (Å²) in [6.45, 7) is 13.3. The number of anilines is 2. The fourth-order valence-electron chi connectivity index (χ4n) is 10.3. The molecule has 4 heterocycles. The van der Waals surface area contributed by atoms with Gasteiger partial charge in [0, 0.05) is 32.9 Å². The largest absolute Gasteiger partial charge is 0.309 e. The number of imide groups is 2. The number of fused-ring (bicyclic) bond motifs is 8. The van der Waals surface area contributed by atoms with Gasteiger partial charge in [-0.05, 0) is 130 Å². The molecule has 0 spiro atoms. The number of carbonyl (C=O) groups excluding carboxylic acids is 4. The average Bonchev–Trinajstić information content (AvgIpc) is 4.01. The number of carbonyl (C=O) groups is 4. The van der Waals surface area contributed by atoms with E-state index in [1.54, 1.807) is 54.6 Å². The molecule has 0 unspecified atom stereocenters. The minimum Gasteiger partial charge on any atom is -0.309 e. The molecule has 0 atom stereocenters.